The number of rotatable bonds is 0. The molecule has 0 bridgehead atoms. The van der Waals surface area contributed by atoms with Gasteiger partial charge in [-0.25, -0.2) is 0 Å². The summed E-state index contributed by atoms with van der Waals surface area (Å²) in [5, 5.41) is 21.3. The van der Waals surface area contributed by atoms with Crippen molar-refractivity contribution in [3.8, 4) is 0 Å². The Labute approximate surface area is 133 Å². The number of hydrogen-bond acceptors (Lipinski definition) is 3. The third-order valence-electron chi connectivity index (χ3n) is 8.54. The van der Waals surface area contributed by atoms with Crippen molar-refractivity contribution in [2.24, 2.45) is 34.5 Å². The minimum absolute atomic E-state index is 0.229. The summed E-state index contributed by atoms with van der Waals surface area (Å²) < 4.78 is 0. The Bertz CT molecular complexity index is 489. The lowest BCUT2D eigenvalue weighted by Crippen LogP contribution is -2.59. The summed E-state index contributed by atoms with van der Waals surface area (Å²) in [6, 6.07) is 0. The van der Waals surface area contributed by atoms with Crippen molar-refractivity contribution in [2.75, 3.05) is 0 Å². The average Bonchev–Trinajstić information content (AvgIpc) is 2.79. The van der Waals surface area contributed by atoms with Crippen LogP contribution in [0.3, 0.4) is 0 Å². The molecule has 22 heavy (non-hydrogen) atoms. The second-order valence-corrected chi connectivity index (χ2v) is 9.11. The fraction of sp³-hybridized carbons (Fsp3) is 0.947. The predicted octanol–water partition coefficient (Wildman–Crippen LogP) is 2.93. The maximum absolute atomic E-state index is 11.9. The van der Waals surface area contributed by atoms with E-state index in [0.29, 0.717) is 29.5 Å². The Morgan fingerprint density at radius 3 is 2.55 bits per heavy atom. The van der Waals surface area contributed by atoms with E-state index in [-0.39, 0.29) is 23.0 Å². The van der Waals surface area contributed by atoms with Crippen LogP contribution in [0.4, 0.5) is 0 Å². The number of carbonyl (C=O) groups is 1. The fourth-order valence-corrected chi connectivity index (χ4v) is 7.00. The Hall–Kier alpha value is -0.410. The van der Waals surface area contributed by atoms with Crippen molar-refractivity contribution in [3.05, 3.63) is 0 Å². The van der Waals surface area contributed by atoms with Crippen LogP contribution in [-0.4, -0.2) is 28.2 Å². The molecule has 0 spiro atoms. The molecule has 124 valence electrons. The van der Waals surface area contributed by atoms with Gasteiger partial charge in [0.15, 0.2) is 0 Å². The first kappa shape index (κ1) is 15.1. The van der Waals surface area contributed by atoms with Crippen molar-refractivity contribution in [1.82, 2.24) is 0 Å². The zero-order valence-corrected chi connectivity index (χ0v) is 13.9. The van der Waals surface area contributed by atoms with Gasteiger partial charge in [0.1, 0.15) is 5.78 Å². The Morgan fingerprint density at radius 2 is 1.77 bits per heavy atom. The third-order valence-corrected chi connectivity index (χ3v) is 8.54. The van der Waals surface area contributed by atoms with E-state index in [1.165, 1.54) is 12.8 Å². The van der Waals surface area contributed by atoms with Crippen molar-refractivity contribution >= 4 is 5.78 Å². The molecule has 3 heteroatoms. The minimum Gasteiger partial charge on any atom is -0.392 e. The molecule has 0 heterocycles. The SMILES string of the molecule is C[C@@]12C(O)CC[C@H]1[C@@H]1CCC3CC(=O)CC[C@]3(C)[C@H]1CC2O. The van der Waals surface area contributed by atoms with Crippen LogP contribution >= 0.6 is 0 Å². The van der Waals surface area contributed by atoms with Gasteiger partial charge in [-0.15, -0.1) is 0 Å². The molecule has 0 amide bonds. The molecule has 3 nitrogen and oxygen atoms in total. The third kappa shape index (κ3) is 1.78. The molecule has 0 aromatic rings. The van der Waals surface area contributed by atoms with Crippen molar-refractivity contribution < 1.29 is 15.0 Å². The number of hydrogen-bond donors (Lipinski definition) is 2. The maximum atomic E-state index is 11.9. The van der Waals surface area contributed by atoms with Crippen LogP contribution in [0.25, 0.3) is 0 Å². The van der Waals surface area contributed by atoms with Gasteiger partial charge in [-0.2, -0.15) is 0 Å². The molecule has 4 aliphatic rings. The second-order valence-electron chi connectivity index (χ2n) is 9.11. The van der Waals surface area contributed by atoms with Crippen LogP contribution in [0.15, 0.2) is 0 Å². The molecule has 4 fully saturated rings. The van der Waals surface area contributed by atoms with Gasteiger partial charge in [0.2, 0.25) is 0 Å². The summed E-state index contributed by atoms with van der Waals surface area (Å²) in [5.41, 5.74) is -0.0679. The molecule has 4 aliphatic carbocycles. The smallest absolute Gasteiger partial charge is 0.133 e. The highest BCUT2D eigenvalue weighted by molar-refractivity contribution is 5.79. The van der Waals surface area contributed by atoms with Crippen LogP contribution in [0.5, 0.6) is 0 Å². The van der Waals surface area contributed by atoms with Gasteiger partial charge in [0, 0.05) is 18.3 Å². The van der Waals surface area contributed by atoms with E-state index in [4.69, 9.17) is 0 Å². The normalized spacial score (nSPS) is 57.9. The number of ketones is 1. The number of fused-ring (bicyclic) bond motifs is 5. The van der Waals surface area contributed by atoms with Crippen LogP contribution in [0.2, 0.25) is 0 Å². The minimum atomic E-state index is -0.385. The van der Waals surface area contributed by atoms with E-state index in [0.717, 1.165) is 38.5 Å². The Morgan fingerprint density at radius 1 is 1.00 bits per heavy atom. The molecule has 0 aliphatic heterocycles. The lowest BCUT2D eigenvalue weighted by Gasteiger charge is -2.61. The summed E-state index contributed by atoms with van der Waals surface area (Å²) >= 11 is 0. The molecule has 0 radical (unpaired) electrons. The Kier molecular flexibility index (Phi) is 3.30. The van der Waals surface area contributed by atoms with Crippen LogP contribution in [-0.2, 0) is 4.79 Å². The first-order chi connectivity index (χ1) is 10.4. The first-order valence-electron chi connectivity index (χ1n) is 9.25. The standard InChI is InChI=1S/C19H30O3/c1-18-8-7-12(20)9-11(18)3-4-13-14-5-6-16(21)19(14,2)17(22)10-15(13)18/h11,13-17,21-22H,3-10H2,1-2H3/t11?,13-,14-,15-,16?,17?,18-,19-/m0/s1. The molecule has 0 saturated heterocycles. The molecule has 0 aromatic heterocycles. The van der Waals surface area contributed by atoms with E-state index in [1.54, 1.807) is 0 Å². The van der Waals surface area contributed by atoms with Crippen LogP contribution in [0.1, 0.15) is 65.2 Å². The molecule has 0 aromatic carbocycles. The van der Waals surface area contributed by atoms with Crippen molar-refractivity contribution in [1.29, 1.82) is 0 Å². The van der Waals surface area contributed by atoms with Crippen LogP contribution in [0, 0.1) is 34.5 Å². The molecule has 8 atom stereocenters. The summed E-state index contributed by atoms with van der Waals surface area (Å²) in [6.45, 7) is 4.51. The molecule has 3 unspecified atom stereocenters. The largest absolute Gasteiger partial charge is 0.392 e. The molecule has 2 N–H and O–H groups in total. The summed E-state index contributed by atoms with van der Waals surface area (Å²) in [6.07, 6.45) is 6.88. The van der Waals surface area contributed by atoms with Gasteiger partial charge < -0.3 is 10.2 Å². The van der Waals surface area contributed by atoms with E-state index < -0.39 is 0 Å². The number of Topliss-reactive ketones (excluding diaryl/α,β-unsaturated/α-hetero) is 1. The summed E-state index contributed by atoms with van der Waals surface area (Å²) in [5.74, 6) is 2.61. The molecule has 4 rings (SSSR count). The summed E-state index contributed by atoms with van der Waals surface area (Å²) in [7, 11) is 0. The van der Waals surface area contributed by atoms with Gasteiger partial charge >= 0.3 is 0 Å². The maximum Gasteiger partial charge on any atom is 0.133 e. The molecular weight excluding hydrogens is 276 g/mol. The highest BCUT2D eigenvalue weighted by atomic mass is 16.3. The van der Waals surface area contributed by atoms with Gasteiger partial charge in [-0.1, -0.05) is 13.8 Å². The van der Waals surface area contributed by atoms with Crippen LogP contribution < -0.4 is 0 Å². The quantitative estimate of drug-likeness (QED) is 0.723. The second kappa shape index (κ2) is 4.80. The van der Waals surface area contributed by atoms with Gasteiger partial charge in [0.25, 0.3) is 0 Å². The first-order valence-corrected chi connectivity index (χ1v) is 9.25. The highest BCUT2D eigenvalue weighted by Gasteiger charge is 2.63. The van der Waals surface area contributed by atoms with Gasteiger partial charge in [-0.3, -0.25) is 4.79 Å². The lowest BCUT2D eigenvalue weighted by molar-refractivity contribution is -0.176. The van der Waals surface area contributed by atoms with Crippen molar-refractivity contribution in [2.45, 2.75) is 77.4 Å². The van der Waals surface area contributed by atoms with E-state index >= 15 is 0 Å². The zero-order chi connectivity index (χ0) is 15.7. The predicted molar refractivity (Wildman–Crippen MR) is 84.1 cm³/mol. The fourth-order valence-electron chi connectivity index (χ4n) is 7.00. The zero-order valence-electron chi connectivity index (χ0n) is 13.9. The number of aliphatic hydroxyl groups is 2. The Balaban J connectivity index is 1.68. The average molecular weight is 306 g/mol. The van der Waals surface area contributed by atoms with E-state index in [2.05, 4.69) is 13.8 Å². The van der Waals surface area contributed by atoms with E-state index in [1.807, 2.05) is 0 Å². The van der Waals surface area contributed by atoms with E-state index in [9.17, 15) is 15.0 Å². The summed E-state index contributed by atoms with van der Waals surface area (Å²) in [4.78, 5) is 11.9. The monoisotopic (exact) mass is 306 g/mol. The number of carbonyl (C=O) groups excluding carboxylic acids is 1. The highest BCUT2D eigenvalue weighted by Crippen LogP contribution is 2.65. The topological polar surface area (TPSA) is 57.5 Å². The number of aliphatic hydroxyl groups excluding tert-OH is 2. The van der Waals surface area contributed by atoms with Gasteiger partial charge in [-0.05, 0) is 67.6 Å². The lowest BCUT2D eigenvalue weighted by atomic mass is 9.44. The van der Waals surface area contributed by atoms with Crippen molar-refractivity contribution in [3.63, 3.8) is 0 Å². The van der Waals surface area contributed by atoms with Gasteiger partial charge in [0.05, 0.1) is 12.2 Å². The molecule has 4 saturated carbocycles. The molecular formula is C19H30O3.